The van der Waals surface area contributed by atoms with E-state index in [1.54, 1.807) is 0 Å². The molecule has 204 valence electrons. The summed E-state index contributed by atoms with van der Waals surface area (Å²) in [5, 5.41) is 20.6. The summed E-state index contributed by atoms with van der Waals surface area (Å²) in [4.78, 5) is 18.3. The Balaban J connectivity index is 2.07. The van der Waals surface area contributed by atoms with E-state index < -0.39 is 19.7 Å². The second-order valence-corrected chi connectivity index (χ2v) is 13.3. The van der Waals surface area contributed by atoms with E-state index in [-0.39, 0.29) is 19.3 Å². The van der Waals surface area contributed by atoms with Crippen molar-refractivity contribution in [1.29, 1.82) is 0 Å². The van der Waals surface area contributed by atoms with Gasteiger partial charge in [-0.05, 0) is 66.0 Å². The molecule has 0 aliphatic rings. The zero-order chi connectivity index (χ0) is 26.4. The maximum atomic E-state index is 11.2. The van der Waals surface area contributed by atoms with Crippen LogP contribution in [0.2, 0.25) is 0 Å². The number of rotatable bonds is 20. The number of likely N-dealkylation sites (N-methyl/N-ethyl adjacent to an activating group) is 1. The van der Waals surface area contributed by atoms with Crippen molar-refractivity contribution in [3.8, 4) is 0 Å². The minimum absolute atomic E-state index is 0.0289. The van der Waals surface area contributed by atoms with E-state index in [1.807, 2.05) is 21.1 Å². The van der Waals surface area contributed by atoms with Crippen LogP contribution in [0.1, 0.15) is 89.0 Å². The average molecular weight is 629 g/mol. The fraction of sp³-hybridized carbons (Fsp3) is 0.769. The van der Waals surface area contributed by atoms with E-state index in [4.69, 9.17) is 14.3 Å². The van der Waals surface area contributed by atoms with Gasteiger partial charge in [-0.25, -0.2) is 4.57 Å². The van der Waals surface area contributed by atoms with Crippen molar-refractivity contribution >= 4 is 30.4 Å². The van der Waals surface area contributed by atoms with Crippen LogP contribution >= 0.6 is 30.4 Å². The van der Waals surface area contributed by atoms with Gasteiger partial charge in [0.05, 0.1) is 21.1 Å². The number of hydrogen-bond donors (Lipinski definition) is 4. The maximum Gasteiger partial charge on any atom is 0.470 e. The first-order valence-electron chi connectivity index (χ1n) is 13.0. The molecule has 1 unspecified atom stereocenters. The second kappa shape index (κ2) is 16.7. The topological polar surface area (TPSA) is 107 Å². The van der Waals surface area contributed by atoms with Crippen LogP contribution in [0.25, 0.3) is 0 Å². The minimum atomic E-state index is -4.63. The van der Waals surface area contributed by atoms with Crippen molar-refractivity contribution in [3.05, 3.63) is 33.4 Å². The fourth-order valence-electron chi connectivity index (χ4n) is 4.34. The van der Waals surface area contributed by atoms with Gasteiger partial charge in [0.2, 0.25) is 0 Å². The van der Waals surface area contributed by atoms with Gasteiger partial charge in [-0.1, -0.05) is 63.5 Å². The largest absolute Gasteiger partial charge is 0.470 e. The number of phosphoric ester groups is 1. The van der Waals surface area contributed by atoms with E-state index in [2.05, 4.69) is 46.9 Å². The maximum absolute atomic E-state index is 11.2. The SMILES string of the molecule is C[N+](C)(C)CC(CCC(O)(O)CCCCCCCCCCCCc1cccc(I)c1)OP(=O)(O)O. The van der Waals surface area contributed by atoms with Crippen molar-refractivity contribution in [2.24, 2.45) is 0 Å². The number of hydrogen-bond acceptors (Lipinski definition) is 4. The van der Waals surface area contributed by atoms with Gasteiger partial charge in [-0.15, -0.1) is 0 Å². The molecular weight excluding hydrogens is 580 g/mol. The second-order valence-electron chi connectivity index (χ2n) is 10.9. The molecule has 1 atom stereocenters. The Morgan fingerprint density at radius 1 is 0.914 bits per heavy atom. The first kappa shape index (κ1) is 33.0. The van der Waals surface area contributed by atoms with E-state index in [0.717, 1.165) is 19.3 Å². The Bertz CT molecular complexity index is 750. The lowest BCUT2D eigenvalue weighted by Gasteiger charge is -2.30. The number of unbranched alkanes of at least 4 members (excludes halogenated alkanes) is 9. The van der Waals surface area contributed by atoms with Gasteiger partial charge in [0.15, 0.2) is 5.79 Å². The molecule has 0 bridgehead atoms. The molecule has 0 amide bonds. The van der Waals surface area contributed by atoms with E-state index in [0.29, 0.717) is 11.0 Å². The normalized spacial score (nSPS) is 13.8. The summed E-state index contributed by atoms with van der Waals surface area (Å²) in [6.45, 7) is 0.369. The third-order valence-corrected chi connectivity index (χ3v) is 7.33. The molecule has 0 saturated heterocycles. The molecule has 0 spiro atoms. The lowest BCUT2D eigenvalue weighted by molar-refractivity contribution is -0.873. The first-order valence-corrected chi connectivity index (χ1v) is 15.6. The van der Waals surface area contributed by atoms with E-state index >= 15 is 0 Å². The molecule has 0 aromatic heterocycles. The summed E-state index contributed by atoms with van der Waals surface area (Å²) in [6.07, 6.45) is 12.5. The van der Waals surface area contributed by atoms with Crippen LogP contribution in [0.3, 0.4) is 0 Å². The van der Waals surface area contributed by atoms with Crippen LogP contribution in [0.4, 0.5) is 0 Å². The quantitative estimate of drug-likeness (QED) is 0.0481. The molecule has 9 heteroatoms. The van der Waals surface area contributed by atoms with Crippen molar-refractivity contribution in [2.75, 3.05) is 27.7 Å². The van der Waals surface area contributed by atoms with Gasteiger partial charge in [-0.2, -0.15) is 0 Å². The Morgan fingerprint density at radius 2 is 1.46 bits per heavy atom. The van der Waals surface area contributed by atoms with Crippen molar-refractivity contribution in [3.63, 3.8) is 0 Å². The van der Waals surface area contributed by atoms with E-state index in [1.165, 1.54) is 60.5 Å². The Kier molecular flexibility index (Phi) is 15.7. The molecule has 1 rings (SSSR count). The molecule has 35 heavy (non-hydrogen) atoms. The van der Waals surface area contributed by atoms with Gasteiger partial charge < -0.3 is 24.5 Å². The number of aryl methyl sites for hydroxylation is 1. The van der Waals surface area contributed by atoms with Crippen LogP contribution in [0.15, 0.2) is 24.3 Å². The zero-order valence-corrected chi connectivity index (χ0v) is 24.9. The van der Waals surface area contributed by atoms with Gasteiger partial charge >= 0.3 is 7.82 Å². The van der Waals surface area contributed by atoms with Gasteiger partial charge in [-0.3, -0.25) is 4.52 Å². The Labute approximate surface area is 226 Å². The fourth-order valence-corrected chi connectivity index (χ4v) is 5.51. The molecule has 1 aromatic carbocycles. The van der Waals surface area contributed by atoms with Crippen molar-refractivity contribution in [1.82, 2.24) is 0 Å². The number of quaternary nitrogens is 1. The van der Waals surface area contributed by atoms with Crippen LogP contribution in [-0.4, -0.2) is 64.1 Å². The highest BCUT2D eigenvalue weighted by Gasteiger charge is 2.31. The molecule has 0 aliphatic heterocycles. The van der Waals surface area contributed by atoms with E-state index in [9.17, 15) is 14.8 Å². The number of phosphoric acid groups is 1. The summed E-state index contributed by atoms with van der Waals surface area (Å²) in [6, 6.07) is 8.74. The predicted octanol–water partition coefficient (Wildman–Crippen LogP) is 5.77. The summed E-state index contributed by atoms with van der Waals surface area (Å²) < 4.78 is 17.9. The summed E-state index contributed by atoms with van der Waals surface area (Å²) in [5.74, 6) is -1.83. The van der Waals surface area contributed by atoms with Crippen LogP contribution in [0, 0.1) is 3.57 Å². The average Bonchev–Trinajstić information content (AvgIpc) is 2.71. The summed E-state index contributed by atoms with van der Waals surface area (Å²) >= 11 is 2.36. The summed E-state index contributed by atoms with van der Waals surface area (Å²) in [7, 11) is 1.06. The molecule has 0 aliphatic carbocycles. The molecule has 0 fully saturated rings. The number of aliphatic hydroxyl groups is 2. The van der Waals surface area contributed by atoms with Crippen molar-refractivity contribution in [2.45, 2.75) is 102 Å². The lowest BCUT2D eigenvalue weighted by atomic mass is 9.99. The molecular formula is C26H48INO6P+. The Morgan fingerprint density at radius 3 is 1.97 bits per heavy atom. The highest BCUT2D eigenvalue weighted by atomic mass is 127. The number of benzene rings is 1. The third-order valence-electron chi connectivity index (χ3n) is 6.09. The highest BCUT2D eigenvalue weighted by Crippen LogP contribution is 2.39. The lowest BCUT2D eigenvalue weighted by Crippen LogP contribution is -2.43. The zero-order valence-electron chi connectivity index (χ0n) is 21.9. The monoisotopic (exact) mass is 628 g/mol. The molecule has 4 N–H and O–H groups in total. The first-order chi connectivity index (χ1) is 16.3. The summed E-state index contributed by atoms with van der Waals surface area (Å²) in [5.41, 5.74) is 1.44. The Hall–Kier alpha value is -0.0600. The predicted molar refractivity (Wildman–Crippen MR) is 150 cm³/mol. The molecule has 1 aromatic rings. The molecule has 0 saturated carbocycles. The van der Waals surface area contributed by atoms with Gasteiger partial charge in [0, 0.05) is 16.4 Å². The van der Waals surface area contributed by atoms with Gasteiger partial charge in [0.25, 0.3) is 0 Å². The van der Waals surface area contributed by atoms with Crippen molar-refractivity contribution < 1.29 is 33.6 Å². The molecule has 0 radical (unpaired) electrons. The molecule has 0 heterocycles. The van der Waals surface area contributed by atoms with Crippen LogP contribution in [-0.2, 0) is 15.5 Å². The minimum Gasteiger partial charge on any atom is -0.366 e. The molecule has 7 nitrogen and oxygen atoms in total. The third kappa shape index (κ3) is 19.7. The number of nitrogens with zero attached hydrogens (tertiary/aromatic N) is 1. The van der Waals surface area contributed by atoms with Crippen LogP contribution < -0.4 is 0 Å². The smallest absolute Gasteiger partial charge is 0.366 e. The number of halogens is 1. The standard InChI is InChI=1S/C26H47INO6P/c1-28(2,3)22-25(34-35(31,32)33)18-20-26(29,30)19-13-11-9-7-5-4-6-8-10-12-15-23-16-14-17-24(27)21-23/h14,16-17,21,25,29-30H,4-13,15,18-20,22H2,1-3H3,(H-,31,32,33)/p+1. The van der Waals surface area contributed by atoms with Crippen LogP contribution in [0.5, 0.6) is 0 Å². The van der Waals surface area contributed by atoms with Gasteiger partial charge in [0.1, 0.15) is 12.6 Å². The highest BCUT2D eigenvalue weighted by molar-refractivity contribution is 14.1.